The lowest BCUT2D eigenvalue weighted by atomic mass is 10.1. The number of thioether (sulfide) groups is 1. The Balaban J connectivity index is 1.90. The molecule has 2 aromatic rings. The van der Waals surface area contributed by atoms with Crippen molar-refractivity contribution in [3.63, 3.8) is 0 Å². The highest BCUT2D eigenvalue weighted by Gasteiger charge is 2.31. The van der Waals surface area contributed by atoms with Gasteiger partial charge in [0.15, 0.2) is 0 Å². The van der Waals surface area contributed by atoms with E-state index in [0.717, 1.165) is 17.2 Å². The zero-order chi connectivity index (χ0) is 11.8. The van der Waals surface area contributed by atoms with Gasteiger partial charge in [0.05, 0.1) is 18.4 Å². The van der Waals surface area contributed by atoms with Crippen molar-refractivity contribution in [2.75, 3.05) is 11.5 Å². The Kier molecular flexibility index (Phi) is 2.64. The molecule has 2 aromatic heterocycles. The molecule has 3 rings (SSSR count). The third kappa shape index (κ3) is 1.85. The number of nitrogens with two attached hydrogens (primary N) is 1. The molecule has 3 heterocycles. The van der Waals surface area contributed by atoms with Crippen molar-refractivity contribution in [1.82, 2.24) is 19.7 Å². The molecule has 0 radical (unpaired) electrons. The third-order valence-corrected chi connectivity index (χ3v) is 4.14. The normalized spacial score (nSPS) is 24.4. The summed E-state index contributed by atoms with van der Waals surface area (Å²) >= 11 is 1.82. The molecule has 0 aromatic carbocycles. The van der Waals surface area contributed by atoms with Gasteiger partial charge in [0.25, 0.3) is 0 Å². The van der Waals surface area contributed by atoms with Crippen LogP contribution in [-0.4, -0.2) is 37.2 Å². The van der Waals surface area contributed by atoms with Crippen LogP contribution in [0, 0.1) is 0 Å². The summed E-state index contributed by atoms with van der Waals surface area (Å²) in [5.41, 5.74) is 6.85. The lowest BCUT2D eigenvalue weighted by Gasteiger charge is -2.07. The average Bonchev–Trinajstić information content (AvgIpc) is 2.97. The third-order valence-electron chi connectivity index (χ3n) is 2.93. The van der Waals surface area contributed by atoms with Gasteiger partial charge in [-0.05, 0) is 0 Å². The van der Waals surface area contributed by atoms with Crippen LogP contribution in [0.25, 0.3) is 11.5 Å². The largest absolute Gasteiger partial charge is 0.339 e. The van der Waals surface area contributed by atoms with Gasteiger partial charge in [0.1, 0.15) is 5.69 Å². The molecule has 0 bridgehead atoms. The fourth-order valence-electron chi connectivity index (χ4n) is 1.89. The molecule has 1 fully saturated rings. The minimum Gasteiger partial charge on any atom is -0.339 e. The first-order chi connectivity index (χ1) is 8.25. The van der Waals surface area contributed by atoms with Crippen molar-refractivity contribution in [1.29, 1.82) is 0 Å². The zero-order valence-corrected chi connectivity index (χ0v) is 10.2. The van der Waals surface area contributed by atoms with E-state index in [9.17, 15) is 0 Å². The highest BCUT2D eigenvalue weighted by molar-refractivity contribution is 7.99. The molecule has 2 unspecified atom stereocenters. The van der Waals surface area contributed by atoms with Crippen molar-refractivity contribution in [2.24, 2.45) is 12.8 Å². The summed E-state index contributed by atoms with van der Waals surface area (Å²) in [5, 5.41) is 3.99. The molecule has 1 aliphatic rings. The van der Waals surface area contributed by atoms with Crippen molar-refractivity contribution >= 4 is 11.8 Å². The summed E-state index contributed by atoms with van der Waals surface area (Å²) in [7, 11) is 1.90. The van der Waals surface area contributed by atoms with Crippen LogP contribution in [0.1, 0.15) is 11.8 Å². The number of hydrogen-bond acceptors (Lipinski definition) is 6. The number of imidazole rings is 1. The van der Waals surface area contributed by atoms with Crippen LogP contribution < -0.4 is 5.73 Å². The Morgan fingerprint density at radius 2 is 2.41 bits per heavy atom. The van der Waals surface area contributed by atoms with E-state index < -0.39 is 0 Å². The average molecular weight is 251 g/mol. The second kappa shape index (κ2) is 4.15. The van der Waals surface area contributed by atoms with Gasteiger partial charge < -0.3 is 14.8 Å². The van der Waals surface area contributed by atoms with Crippen LogP contribution >= 0.6 is 11.8 Å². The van der Waals surface area contributed by atoms with Crippen LogP contribution in [0.5, 0.6) is 0 Å². The van der Waals surface area contributed by atoms with Gasteiger partial charge in [0.2, 0.25) is 11.7 Å². The van der Waals surface area contributed by atoms with E-state index in [1.54, 1.807) is 12.5 Å². The molecule has 1 aliphatic heterocycles. The summed E-state index contributed by atoms with van der Waals surface area (Å²) in [6.45, 7) is 0. The maximum absolute atomic E-state index is 6.00. The van der Waals surface area contributed by atoms with E-state index in [2.05, 4.69) is 15.1 Å². The number of hydrogen-bond donors (Lipinski definition) is 1. The van der Waals surface area contributed by atoms with E-state index >= 15 is 0 Å². The van der Waals surface area contributed by atoms with Gasteiger partial charge in [0, 0.05) is 24.6 Å². The van der Waals surface area contributed by atoms with Crippen molar-refractivity contribution in [3.8, 4) is 11.5 Å². The van der Waals surface area contributed by atoms with Crippen molar-refractivity contribution < 1.29 is 4.52 Å². The highest BCUT2D eigenvalue weighted by atomic mass is 32.2. The number of aromatic nitrogens is 4. The second-order valence-electron chi connectivity index (χ2n) is 4.15. The lowest BCUT2D eigenvalue weighted by molar-refractivity contribution is 0.352. The molecule has 0 saturated carbocycles. The molecule has 2 atom stereocenters. The highest BCUT2D eigenvalue weighted by Crippen LogP contribution is 2.31. The van der Waals surface area contributed by atoms with Crippen LogP contribution in [0.4, 0.5) is 0 Å². The van der Waals surface area contributed by atoms with E-state index in [4.69, 9.17) is 10.3 Å². The molecule has 0 spiro atoms. The monoisotopic (exact) mass is 251 g/mol. The molecule has 2 N–H and O–H groups in total. The van der Waals surface area contributed by atoms with E-state index in [0.29, 0.717) is 11.7 Å². The molecule has 0 amide bonds. The van der Waals surface area contributed by atoms with Gasteiger partial charge in [-0.25, -0.2) is 4.98 Å². The Labute approximate surface area is 103 Å². The van der Waals surface area contributed by atoms with E-state index in [1.807, 2.05) is 23.4 Å². The first-order valence-electron chi connectivity index (χ1n) is 5.39. The minimum absolute atomic E-state index is 0.111. The Hall–Kier alpha value is -1.34. The number of aryl methyl sites for hydroxylation is 1. The first-order valence-corrected chi connectivity index (χ1v) is 6.55. The van der Waals surface area contributed by atoms with E-state index in [1.165, 1.54) is 0 Å². The van der Waals surface area contributed by atoms with Crippen LogP contribution in [0.2, 0.25) is 0 Å². The Bertz CT molecular complexity index is 522. The number of nitrogens with zero attached hydrogens (tertiary/aromatic N) is 4. The second-order valence-corrected chi connectivity index (χ2v) is 5.23. The Morgan fingerprint density at radius 1 is 1.53 bits per heavy atom. The van der Waals surface area contributed by atoms with Gasteiger partial charge in [-0.2, -0.15) is 16.7 Å². The quantitative estimate of drug-likeness (QED) is 0.842. The molecule has 0 aliphatic carbocycles. The molecular weight excluding hydrogens is 238 g/mol. The SMILES string of the molecule is Cn1cncc1-c1noc(C2CSCC2N)n1. The standard InChI is InChI=1S/C10H13N5OS/c1-15-5-12-2-8(15)9-13-10(16-14-9)6-3-17-4-7(6)11/h2,5-7H,3-4,11H2,1H3. The molecule has 6 nitrogen and oxygen atoms in total. The summed E-state index contributed by atoms with van der Waals surface area (Å²) in [5.74, 6) is 3.29. The topological polar surface area (TPSA) is 82.8 Å². The predicted octanol–water partition coefficient (Wildman–Crippen LogP) is 0.628. The molecule has 90 valence electrons. The van der Waals surface area contributed by atoms with Crippen LogP contribution in [0.3, 0.4) is 0 Å². The molecular formula is C10H13N5OS. The van der Waals surface area contributed by atoms with Crippen molar-refractivity contribution in [2.45, 2.75) is 12.0 Å². The predicted molar refractivity (Wildman–Crippen MR) is 64.5 cm³/mol. The summed E-state index contributed by atoms with van der Waals surface area (Å²) in [4.78, 5) is 8.45. The fraction of sp³-hybridized carbons (Fsp3) is 0.500. The van der Waals surface area contributed by atoms with Gasteiger partial charge in [-0.3, -0.25) is 0 Å². The lowest BCUT2D eigenvalue weighted by Crippen LogP contribution is -2.26. The maximum Gasteiger partial charge on any atom is 0.232 e. The van der Waals surface area contributed by atoms with E-state index in [-0.39, 0.29) is 12.0 Å². The van der Waals surface area contributed by atoms with Crippen LogP contribution in [-0.2, 0) is 7.05 Å². The smallest absolute Gasteiger partial charge is 0.232 e. The minimum atomic E-state index is 0.111. The molecule has 17 heavy (non-hydrogen) atoms. The summed E-state index contributed by atoms with van der Waals surface area (Å²) in [6.07, 6.45) is 3.43. The van der Waals surface area contributed by atoms with Gasteiger partial charge >= 0.3 is 0 Å². The van der Waals surface area contributed by atoms with Gasteiger partial charge in [-0.1, -0.05) is 5.16 Å². The zero-order valence-electron chi connectivity index (χ0n) is 9.41. The van der Waals surface area contributed by atoms with Gasteiger partial charge in [-0.15, -0.1) is 0 Å². The van der Waals surface area contributed by atoms with Crippen molar-refractivity contribution in [3.05, 3.63) is 18.4 Å². The number of rotatable bonds is 2. The molecule has 1 saturated heterocycles. The maximum atomic E-state index is 6.00. The Morgan fingerprint density at radius 3 is 3.06 bits per heavy atom. The van der Waals surface area contributed by atoms with Crippen LogP contribution in [0.15, 0.2) is 17.0 Å². The summed E-state index contributed by atoms with van der Waals surface area (Å²) in [6, 6.07) is 0.111. The molecule has 7 heteroatoms. The summed E-state index contributed by atoms with van der Waals surface area (Å²) < 4.78 is 7.16. The fourth-order valence-corrected chi connectivity index (χ4v) is 3.17. The first kappa shape index (κ1) is 10.8.